The van der Waals surface area contributed by atoms with Crippen LogP contribution in [-0.4, -0.2) is 18.6 Å². The van der Waals surface area contributed by atoms with E-state index < -0.39 is 0 Å². The average Bonchev–Trinajstić information content (AvgIpc) is 2.45. The molecule has 106 valence electrons. The summed E-state index contributed by atoms with van der Waals surface area (Å²) >= 11 is 0. The van der Waals surface area contributed by atoms with Crippen LogP contribution >= 0.6 is 0 Å². The third-order valence-electron chi connectivity index (χ3n) is 3.19. The summed E-state index contributed by atoms with van der Waals surface area (Å²) in [6.45, 7) is 4.31. The van der Waals surface area contributed by atoms with Gasteiger partial charge in [-0.15, -0.1) is 0 Å². The number of halogens is 1. The van der Waals surface area contributed by atoms with Crippen molar-refractivity contribution in [1.29, 1.82) is 0 Å². The molecule has 0 fully saturated rings. The molecule has 0 bridgehead atoms. The van der Waals surface area contributed by atoms with Crippen LogP contribution in [0.2, 0.25) is 0 Å². The van der Waals surface area contributed by atoms with Gasteiger partial charge >= 0.3 is 0 Å². The molecule has 0 atom stereocenters. The molecule has 0 saturated heterocycles. The summed E-state index contributed by atoms with van der Waals surface area (Å²) in [6.07, 6.45) is 3.56. The average molecular weight is 273 g/mol. The van der Waals surface area contributed by atoms with Crippen molar-refractivity contribution in [3.05, 3.63) is 59.7 Å². The van der Waals surface area contributed by atoms with Crippen molar-refractivity contribution in [2.75, 3.05) is 18.5 Å². The lowest BCUT2D eigenvalue weighted by Crippen LogP contribution is -2.22. The van der Waals surface area contributed by atoms with E-state index in [-0.39, 0.29) is 5.82 Å². The molecule has 1 N–H and O–H groups in total. The number of rotatable bonds is 6. The normalized spacial score (nSPS) is 10.6. The Kier molecular flexibility index (Phi) is 5.07. The molecule has 4 heteroatoms. The van der Waals surface area contributed by atoms with Crippen molar-refractivity contribution in [1.82, 2.24) is 10.3 Å². The van der Waals surface area contributed by atoms with Gasteiger partial charge in [-0.2, -0.15) is 0 Å². The zero-order valence-electron chi connectivity index (χ0n) is 11.9. The van der Waals surface area contributed by atoms with Gasteiger partial charge in [-0.3, -0.25) is 4.98 Å². The number of hydrogen-bond donors (Lipinski definition) is 1. The van der Waals surface area contributed by atoms with E-state index in [0.717, 1.165) is 24.3 Å². The molecule has 0 saturated carbocycles. The number of nitrogens with zero attached hydrogens (tertiary/aromatic N) is 2. The van der Waals surface area contributed by atoms with Crippen molar-refractivity contribution in [3.63, 3.8) is 0 Å². The molecule has 0 spiro atoms. The van der Waals surface area contributed by atoms with Gasteiger partial charge in [0, 0.05) is 37.7 Å². The van der Waals surface area contributed by atoms with Gasteiger partial charge in [-0.05, 0) is 55.4 Å². The van der Waals surface area contributed by atoms with Gasteiger partial charge in [0.15, 0.2) is 0 Å². The molecule has 3 nitrogen and oxygen atoms in total. The molecule has 0 aliphatic rings. The first-order chi connectivity index (χ1) is 9.72. The molecule has 1 aromatic carbocycles. The third kappa shape index (κ3) is 3.78. The van der Waals surface area contributed by atoms with Gasteiger partial charge in [0.2, 0.25) is 0 Å². The predicted octanol–water partition coefficient (Wildman–Crippen LogP) is 2.97. The molecule has 0 amide bonds. The lowest BCUT2D eigenvalue weighted by Gasteiger charge is -2.24. The first-order valence-corrected chi connectivity index (χ1v) is 6.81. The summed E-state index contributed by atoms with van der Waals surface area (Å²) in [5, 5.41) is 3.05. The van der Waals surface area contributed by atoms with Gasteiger partial charge in [-0.1, -0.05) is 0 Å². The minimum Gasteiger partial charge on any atom is -0.367 e. The number of pyridine rings is 1. The zero-order valence-corrected chi connectivity index (χ0v) is 11.9. The number of benzene rings is 1. The van der Waals surface area contributed by atoms with Crippen LogP contribution in [0.25, 0.3) is 0 Å². The molecule has 0 aliphatic carbocycles. The summed E-state index contributed by atoms with van der Waals surface area (Å²) in [4.78, 5) is 6.17. The van der Waals surface area contributed by atoms with Gasteiger partial charge in [-0.25, -0.2) is 4.39 Å². The van der Waals surface area contributed by atoms with Crippen molar-refractivity contribution in [2.24, 2.45) is 0 Å². The summed E-state index contributed by atoms with van der Waals surface area (Å²) in [5.74, 6) is -0.194. The Labute approximate surface area is 119 Å². The van der Waals surface area contributed by atoms with Crippen molar-refractivity contribution in [3.8, 4) is 0 Å². The minimum absolute atomic E-state index is 0.194. The highest BCUT2D eigenvalue weighted by Crippen LogP contribution is 2.20. The Bertz CT molecular complexity index is 543. The highest BCUT2D eigenvalue weighted by atomic mass is 19.1. The maximum atomic E-state index is 13.7. The van der Waals surface area contributed by atoms with Crippen LogP contribution in [0, 0.1) is 5.82 Å². The topological polar surface area (TPSA) is 28.2 Å². The Morgan fingerprint density at radius 3 is 2.55 bits per heavy atom. The predicted molar refractivity (Wildman–Crippen MR) is 80.1 cm³/mol. The number of hydrogen-bond acceptors (Lipinski definition) is 3. The highest BCUT2D eigenvalue weighted by Gasteiger charge is 2.08. The molecule has 1 heterocycles. The first kappa shape index (κ1) is 14.5. The Balaban J connectivity index is 2.22. The second-order valence-electron chi connectivity index (χ2n) is 4.72. The molecule has 20 heavy (non-hydrogen) atoms. The fourth-order valence-corrected chi connectivity index (χ4v) is 2.22. The smallest absolute Gasteiger partial charge is 0.125 e. The molecular formula is C16H20FN3. The van der Waals surface area contributed by atoms with Crippen LogP contribution in [-0.2, 0) is 13.1 Å². The minimum atomic E-state index is -0.194. The quantitative estimate of drug-likeness (QED) is 0.877. The summed E-state index contributed by atoms with van der Waals surface area (Å²) in [6, 6.07) is 9.15. The van der Waals surface area contributed by atoms with E-state index in [0.29, 0.717) is 6.54 Å². The standard InChI is InChI=1S/C16H20FN3/c1-3-20(12-13-4-6-19-7-5-13)16-9-14(11-18-2)8-15(17)10-16/h4-10,18H,3,11-12H2,1-2H3. The van der Waals surface area contributed by atoms with E-state index in [1.807, 2.05) is 25.2 Å². The first-order valence-electron chi connectivity index (χ1n) is 6.81. The molecule has 2 aromatic rings. The number of nitrogens with one attached hydrogen (secondary N) is 1. The Morgan fingerprint density at radius 2 is 1.90 bits per heavy atom. The van der Waals surface area contributed by atoms with Crippen molar-refractivity contribution >= 4 is 5.69 Å². The van der Waals surface area contributed by atoms with Crippen LogP contribution in [0.5, 0.6) is 0 Å². The number of aromatic nitrogens is 1. The highest BCUT2D eigenvalue weighted by molar-refractivity contribution is 5.49. The molecule has 0 aliphatic heterocycles. The van der Waals surface area contributed by atoms with E-state index in [1.165, 1.54) is 5.56 Å². The monoisotopic (exact) mass is 273 g/mol. The van der Waals surface area contributed by atoms with E-state index in [2.05, 4.69) is 22.1 Å². The largest absolute Gasteiger partial charge is 0.367 e. The van der Waals surface area contributed by atoms with Gasteiger partial charge in [0.25, 0.3) is 0 Å². The summed E-state index contributed by atoms with van der Waals surface area (Å²) in [7, 11) is 1.86. The van der Waals surface area contributed by atoms with E-state index in [9.17, 15) is 4.39 Å². The number of anilines is 1. The molecular weight excluding hydrogens is 253 g/mol. The summed E-state index contributed by atoms with van der Waals surface area (Å²) in [5.41, 5.74) is 3.03. The second-order valence-corrected chi connectivity index (χ2v) is 4.72. The lowest BCUT2D eigenvalue weighted by molar-refractivity contribution is 0.622. The van der Waals surface area contributed by atoms with Gasteiger partial charge < -0.3 is 10.2 Å². The maximum Gasteiger partial charge on any atom is 0.125 e. The maximum absolute atomic E-state index is 13.7. The van der Waals surface area contributed by atoms with E-state index >= 15 is 0 Å². The fraction of sp³-hybridized carbons (Fsp3) is 0.312. The lowest BCUT2D eigenvalue weighted by atomic mass is 10.1. The summed E-state index contributed by atoms with van der Waals surface area (Å²) < 4.78 is 13.7. The van der Waals surface area contributed by atoms with E-state index in [1.54, 1.807) is 24.5 Å². The Hall–Kier alpha value is -1.94. The third-order valence-corrected chi connectivity index (χ3v) is 3.19. The van der Waals surface area contributed by atoms with Crippen LogP contribution < -0.4 is 10.2 Å². The zero-order chi connectivity index (χ0) is 14.4. The Morgan fingerprint density at radius 1 is 1.15 bits per heavy atom. The van der Waals surface area contributed by atoms with E-state index in [4.69, 9.17) is 0 Å². The molecule has 2 rings (SSSR count). The van der Waals surface area contributed by atoms with Crippen LogP contribution in [0.15, 0.2) is 42.7 Å². The molecule has 0 unspecified atom stereocenters. The van der Waals surface area contributed by atoms with Crippen LogP contribution in [0.1, 0.15) is 18.1 Å². The van der Waals surface area contributed by atoms with Gasteiger partial charge in [0.1, 0.15) is 5.82 Å². The second kappa shape index (κ2) is 7.01. The van der Waals surface area contributed by atoms with Crippen LogP contribution in [0.4, 0.5) is 10.1 Å². The fourth-order valence-electron chi connectivity index (χ4n) is 2.22. The van der Waals surface area contributed by atoms with Gasteiger partial charge in [0.05, 0.1) is 0 Å². The van der Waals surface area contributed by atoms with Crippen molar-refractivity contribution in [2.45, 2.75) is 20.0 Å². The molecule has 0 radical (unpaired) electrons. The molecule has 1 aromatic heterocycles. The van der Waals surface area contributed by atoms with Crippen LogP contribution in [0.3, 0.4) is 0 Å². The SMILES string of the molecule is CCN(Cc1ccncc1)c1cc(F)cc(CNC)c1. The van der Waals surface area contributed by atoms with Crippen molar-refractivity contribution < 1.29 is 4.39 Å².